The molecule has 1 N–H and O–H groups in total. The molecule has 3 heteroatoms. The van der Waals surface area contributed by atoms with E-state index in [0.717, 1.165) is 0 Å². The molecule has 0 aliphatic heterocycles. The fourth-order valence-corrected chi connectivity index (χ4v) is 1.44. The molecule has 0 spiro atoms. The highest BCUT2D eigenvalue weighted by Gasteiger charge is 2.18. The maximum atomic E-state index is 10.8. The Hall–Kier alpha value is -1.35. The van der Waals surface area contributed by atoms with Gasteiger partial charge >= 0.3 is 5.97 Å². The molecule has 0 aliphatic rings. The number of carbonyl (C=O) groups is 1. The van der Waals surface area contributed by atoms with Crippen LogP contribution in [0.15, 0.2) is 24.3 Å². The van der Waals surface area contributed by atoms with Crippen LogP contribution < -0.4 is 0 Å². The van der Waals surface area contributed by atoms with Gasteiger partial charge in [0.05, 0.1) is 0 Å². The molecule has 0 radical (unpaired) electrons. The van der Waals surface area contributed by atoms with Crippen LogP contribution in [0.5, 0.6) is 0 Å². The van der Waals surface area contributed by atoms with Gasteiger partial charge < -0.3 is 9.84 Å². The van der Waals surface area contributed by atoms with Crippen LogP contribution in [0.4, 0.5) is 0 Å². The van der Waals surface area contributed by atoms with Crippen LogP contribution in [-0.4, -0.2) is 18.2 Å². The second kappa shape index (κ2) is 4.94. The summed E-state index contributed by atoms with van der Waals surface area (Å²) in [5.74, 6) is -0.514. The van der Waals surface area contributed by atoms with Crippen molar-refractivity contribution >= 4 is 5.97 Å². The number of aliphatic carboxylic acids is 1. The van der Waals surface area contributed by atoms with Crippen molar-refractivity contribution in [3.63, 3.8) is 0 Å². The summed E-state index contributed by atoms with van der Waals surface area (Å²) in [7, 11) is 1.40. The molecular weight excluding hydrogens is 192 g/mol. The van der Waals surface area contributed by atoms with E-state index in [0.29, 0.717) is 11.5 Å². The Kier molecular flexibility index (Phi) is 3.86. The lowest BCUT2D eigenvalue weighted by Gasteiger charge is -2.12. The van der Waals surface area contributed by atoms with E-state index in [9.17, 15) is 4.79 Å². The first-order valence-corrected chi connectivity index (χ1v) is 4.91. The number of benzene rings is 1. The minimum absolute atomic E-state index is 0.449. The van der Waals surface area contributed by atoms with Gasteiger partial charge in [0.1, 0.15) is 0 Å². The van der Waals surface area contributed by atoms with Crippen LogP contribution in [0.25, 0.3) is 0 Å². The van der Waals surface area contributed by atoms with Crippen molar-refractivity contribution < 1.29 is 14.6 Å². The summed E-state index contributed by atoms with van der Waals surface area (Å²) in [5.41, 5.74) is 1.87. The molecule has 0 heterocycles. The number of ether oxygens (including phenoxy) is 1. The summed E-state index contributed by atoms with van der Waals surface area (Å²) in [4.78, 5) is 10.8. The van der Waals surface area contributed by atoms with Gasteiger partial charge in [0.25, 0.3) is 0 Å². The maximum absolute atomic E-state index is 10.8. The number of hydrogen-bond acceptors (Lipinski definition) is 2. The van der Waals surface area contributed by atoms with Gasteiger partial charge in [0, 0.05) is 7.11 Å². The first-order chi connectivity index (χ1) is 7.06. The highest BCUT2D eigenvalue weighted by atomic mass is 16.5. The molecule has 1 unspecified atom stereocenters. The van der Waals surface area contributed by atoms with Crippen molar-refractivity contribution in [1.29, 1.82) is 0 Å². The van der Waals surface area contributed by atoms with Crippen molar-refractivity contribution in [1.82, 2.24) is 0 Å². The summed E-state index contributed by atoms with van der Waals surface area (Å²) in [5, 5.41) is 8.88. The van der Waals surface area contributed by atoms with Crippen molar-refractivity contribution in [3.05, 3.63) is 35.4 Å². The van der Waals surface area contributed by atoms with Crippen LogP contribution in [0.3, 0.4) is 0 Å². The Bertz CT molecular complexity index is 327. The summed E-state index contributed by atoms with van der Waals surface area (Å²) < 4.78 is 4.90. The molecule has 15 heavy (non-hydrogen) atoms. The Balaban J connectivity index is 2.92. The fourth-order valence-electron chi connectivity index (χ4n) is 1.44. The average Bonchev–Trinajstić information content (AvgIpc) is 2.19. The third-order valence-electron chi connectivity index (χ3n) is 2.37. The van der Waals surface area contributed by atoms with E-state index in [4.69, 9.17) is 9.84 Å². The molecule has 0 saturated carbocycles. The summed E-state index contributed by atoms with van der Waals surface area (Å²) in [6.45, 7) is 4.19. The van der Waals surface area contributed by atoms with Crippen molar-refractivity contribution in [3.8, 4) is 0 Å². The predicted octanol–water partition coefficient (Wildman–Crippen LogP) is 2.58. The third kappa shape index (κ3) is 2.80. The zero-order valence-electron chi connectivity index (χ0n) is 9.23. The first-order valence-electron chi connectivity index (χ1n) is 4.91. The summed E-state index contributed by atoms with van der Waals surface area (Å²) in [6.07, 6.45) is -0.869. The van der Waals surface area contributed by atoms with Gasteiger partial charge in [0.15, 0.2) is 6.10 Å². The number of hydrogen-bond donors (Lipinski definition) is 1. The Morgan fingerprint density at radius 1 is 1.20 bits per heavy atom. The molecule has 1 aromatic carbocycles. The van der Waals surface area contributed by atoms with Gasteiger partial charge in [-0.1, -0.05) is 38.1 Å². The minimum atomic E-state index is -0.963. The van der Waals surface area contributed by atoms with Crippen molar-refractivity contribution in [2.24, 2.45) is 0 Å². The van der Waals surface area contributed by atoms with Crippen molar-refractivity contribution in [2.75, 3.05) is 7.11 Å². The largest absolute Gasteiger partial charge is 0.479 e. The Labute approximate surface area is 89.7 Å². The molecule has 0 fully saturated rings. The summed E-state index contributed by atoms with van der Waals surface area (Å²) >= 11 is 0. The fraction of sp³-hybridized carbons (Fsp3) is 0.417. The van der Waals surface area contributed by atoms with Crippen LogP contribution in [0.2, 0.25) is 0 Å². The lowest BCUT2D eigenvalue weighted by Crippen LogP contribution is -2.13. The Morgan fingerprint density at radius 2 is 1.67 bits per heavy atom. The van der Waals surface area contributed by atoms with E-state index in [1.807, 2.05) is 12.1 Å². The highest BCUT2D eigenvalue weighted by molar-refractivity contribution is 5.74. The Morgan fingerprint density at radius 3 is 2.00 bits per heavy atom. The monoisotopic (exact) mass is 208 g/mol. The van der Waals surface area contributed by atoms with Gasteiger partial charge in [-0.2, -0.15) is 0 Å². The van der Waals surface area contributed by atoms with E-state index >= 15 is 0 Å². The van der Waals surface area contributed by atoms with Crippen LogP contribution in [0.1, 0.15) is 37.0 Å². The van der Waals surface area contributed by atoms with Gasteiger partial charge in [0.2, 0.25) is 0 Å². The lowest BCUT2D eigenvalue weighted by molar-refractivity contribution is -0.148. The standard InChI is InChI=1S/C12H16O3/c1-8(2)9-4-6-10(7-5-9)11(15-3)12(13)14/h4-8,11H,1-3H3,(H,13,14). The van der Waals surface area contributed by atoms with Gasteiger partial charge in [-0.25, -0.2) is 4.79 Å². The second-order valence-corrected chi connectivity index (χ2v) is 3.78. The third-order valence-corrected chi connectivity index (χ3v) is 2.37. The molecule has 0 saturated heterocycles. The predicted molar refractivity (Wildman–Crippen MR) is 57.9 cm³/mol. The molecule has 0 aromatic heterocycles. The van der Waals surface area contributed by atoms with Gasteiger partial charge in [-0.15, -0.1) is 0 Å². The van der Waals surface area contributed by atoms with Crippen molar-refractivity contribution in [2.45, 2.75) is 25.9 Å². The topological polar surface area (TPSA) is 46.5 Å². The maximum Gasteiger partial charge on any atom is 0.337 e. The smallest absolute Gasteiger partial charge is 0.337 e. The van der Waals surface area contributed by atoms with E-state index in [1.165, 1.54) is 12.7 Å². The van der Waals surface area contributed by atoms with E-state index < -0.39 is 12.1 Å². The molecule has 1 aromatic rings. The number of methoxy groups -OCH3 is 1. The zero-order chi connectivity index (χ0) is 11.4. The second-order valence-electron chi connectivity index (χ2n) is 3.78. The zero-order valence-corrected chi connectivity index (χ0v) is 9.23. The highest BCUT2D eigenvalue weighted by Crippen LogP contribution is 2.20. The lowest BCUT2D eigenvalue weighted by atomic mass is 10.00. The molecule has 1 atom stereocenters. The van der Waals surface area contributed by atoms with Crippen LogP contribution >= 0.6 is 0 Å². The van der Waals surface area contributed by atoms with Crippen LogP contribution in [0, 0.1) is 0 Å². The minimum Gasteiger partial charge on any atom is -0.479 e. The number of rotatable bonds is 4. The normalized spacial score (nSPS) is 12.8. The van der Waals surface area contributed by atoms with Gasteiger partial charge in [-0.05, 0) is 17.0 Å². The first kappa shape index (κ1) is 11.7. The molecule has 0 bridgehead atoms. The quantitative estimate of drug-likeness (QED) is 0.827. The molecule has 82 valence electrons. The SMILES string of the molecule is COC(C(=O)O)c1ccc(C(C)C)cc1. The number of carboxylic acids is 1. The molecule has 0 aliphatic carbocycles. The molecule has 3 nitrogen and oxygen atoms in total. The van der Waals surface area contributed by atoms with Crippen LogP contribution in [-0.2, 0) is 9.53 Å². The molecule has 1 rings (SSSR count). The van der Waals surface area contributed by atoms with Gasteiger partial charge in [-0.3, -0.25) is 0 Å². The number of carboxylic acid groups (broad SMARTS) is 1. The average molecular weight is 208 g/mol. The summed E-state index contributed by atoms with van der Waals surface area (Å²) in [6, 6.07) is 7.49. The van der Waals surface area contributed by atoms with E-state index in [-0.39, 0.29) is 0 Å². The molecular formula is C12H16O3. The van der Waals surface area contributed by atoms with E-state index in [1.54, 1.807) is 12.1 Å². The molecule has 0 amide bonds. The van der Waals surface area contributed by atoms with E-state index in [2.05, 4.69) is 13.8 Å².